The molecule has 0 radical (unpaired) electrons. The SMILES string of the molecule is C[C@@H]1CC[C@@H](Oc2cc(OCc3ccccc3)ccn2)CN1C(=O)c1ccccc1-n1nccn1. The minimum absolute atomic E-state index is 0.0633. The number of benzene rings is 2. The summed E-state index contributed by atoms with van der Waals surface area (Å²) in [4.78, 5) is 21.3. The van der Waals surface area contributed by atoms with Crippen LogP contribution in [0.15, 0.2) is 85.3 Å². The van der Waals surface area contributed by atoms with Crippen molar-refractivity contribution in [3.8, 4) is 17.3 Å². The van der Waals surface area contributed by atoms with Gasteiger partial charge in [-0.3, -0.25) is 4.79 Å². The van der Waals surface area contributed by atoms with Crippen LogP contribution in [0.5, 0.6) is 11.6 Å². The van der Waals surface area contributed by atoms with Gasteiger partial charge in [0.05, 0.1) is 30.2 Å². The predicted octanol–water partition coefficient (Wildman–Crippen LogP) is 4.31. The second kappa shape index (κ2) is 10.4. The predicted molar refractivity (Wildman–Crippen MR) is 131 cm³/mol. The van der Waals surface area contributed by atoms with Crippen molar-refractivity contribution in [3.05, 3.63) is 96.4 Å². The molecule has 0 N–H and O–H groups in total. The third-order valence-electron chi connectivity index (χ3n) is 6.11. The minimum atomic E-state index is -0.165. The van der Waals surface area contributed by atoms with Crippen molar-refractivity contribution in [1.29, 1.82) is 0 Å². The second-order valence-corrected chi connectivity index (χ2v) is 8.56. The van der Waals surface area contributed by atoms with Gasteiger partial charge in [-0.1, -0.05) is 42.5 Å². The molecule has 3 heterocycles. The molecule has 178 valence electrons. The molecule has 2 aromatic carbocycles. The summed E-state index contributed by atoms with van der Waals surface area (Å²) in [6.45, 7) is 3.01. The number of aromatic nitrogens is 4. The quantitative estimate of drug-likeness (QED) is 0.401. The van der Waals surface area contributed by atoms with E-state index in [0.29, 0.717) is 36.0 Å². The van der Waals surface area contributed by atoms with Gasteiger partial charge in [-0.05, 0) is 43.5 Å². The van der Waals surface area contributed by atoms with Crippen molar-refractivity contribution in [2.75, 3.05) is 6.54 Å². The Kier molecular flexibility index (Phi) is 6.70. The van der Waals surface area contributed by atoms with Crippen molar-refractivity contribution in [2.24, 2.45) is 0 Å². The lowest BCUT2D eigenvalue weighted by atomic mass is 9.99. The summed E-state index contributed by atoms with van der Waals surface area (Å²) in [5.74, 6) is 1.12. The lowest BCUT2D eigenvalue weighted by Gasteiger charge is -2.38. The van der Waals surface area contributed by atoms with Gasteiger partial charge in [0.1, 0.15) is 18.5 Å². The van der Waals surface area contributed by atoms with Crippen LogP contribution >= 0.6 is 0 Å². The third-order valence-corrected chi connectivity index (χ3v) is 6.11. The summed E-state index contributed by atoms with van der Waals surface area (Å²) < 4.78 is 12.1. The summed E-state index contributed by atoms with van der Waals surface area (Å²) in [7, 11) is 0. The van der Waals surface area contributed by atoms with Crippen LogP contribution in [0.25, 0.3) is 5.69 Å². The highest BCUT2D eigenvalue weighted by atomic mass is 16.5. The van der Waals surface area contributed by atoms with Crippen molar-refractivity contribution in [3.63, 3.8) is 0 Å². The van der Waals surface area contributed by atoms with Gasteiger partial charge in [-0.2, -0.15) is 15.0 Å². The maximum absolute atomic E-state index is 13.6. The molecule has 0 aliphatic carbocycles. The number of nitrogens with zero attached hydrogens (tertiary/aromatic N) is 5. The Labute approximate surface area is 204 Å². The molecule has 8 nitrogen and oxygen atoms in total. The Hall–Kier alpha value is -4.20. The number of ether oxygens (including phenoxy) is 2. The number of para-hydroxylation sites is 1. The Balaban J connectivity index is 1.27. The molecule has 1 fully saturated rings. The number of piperidine rings is 1. The van der Waals surface area contributed by atoms with Gasteiger partial charge in [0, 0.05) is 18.3 Å². The molecule has 4 aromatic rings. The lowest BCUT2D eigenvalue weighted by Crippen LogP contribution is -2.49. The molecule has 0 unspecified atom stereocenters. The molecule has 1 aliphatic rings. The van der Waals surface area contributed by atoms with Gasteiger partial charge in [0.2, 0.25) is 5.88 Å². The number of rotatable bonds is 7. The Morgan fingerprint density at radius 2 is 1.74 bits per heavy atom. The van der Waals surface area contributed by atoms with Crippen molar-refractivity contribution in [1.82, 2.24) is 24.9 Å². The van der Waals surface area contributed by atoms with Crippen LogP contribution < -0.4 is 9.47 Å². The monoisotopic (exact) mass is 469 g/mol. The molecule has 0 spiro atoms. The number of amides is 1. The Bertz CT molecular complexity index is 1260. The lowest BCUT2D eigenvalue weighted by molar-refractivity contribution is 0.0371. The summed E-state index contributed by atoms with van der Waals surface area (Å²) in [6.07, 6.45) is 6.38. The highest BCUT2D eigenvalue weighted by Crippen LogP contribution is 2.26. The first kappa shape index (κ1) is 22.6. The van der Waals surface area contributed by atoms with E-state index in [-0.39, 0.29) is 18.1 Å². The largest absolute Gasteiger partial charge is 0.489 e. The van der Waals surface area contributed by atoms with Crippen LogP contribution in [0.2, 0.25) is 0 Å². The molecular formula is C27H27N5O3. The van der Waals surface area contributed by atoms with Crippen LogP contribution in [0.1, 0.15) is 35.7 Å². The van der Waals surface area contributed by atoms with E-state index in [1.807, 2.05) is 65.6 Å². The van der Waals surface area contributed by atoms with E-state index in [1.165, 1.54) is 4.80 Å². The number of hydrogen-bond donors (Lipinski definition) is 0. The van der Waals surface area contributed by atoms with Gasteiger partial charge < -0.3 is 14.4 Å². The van der Waals surface area contributed by atoms with E-state index in [2.05, 4.69) is 22.1 Å². The van der Waals surface area contributed by atoms with E-state index in [4.69, 9.17) is 9.47 Å². The number of carbonyl (C=O) groups excluding carboxylic acids is 1. The van der Waals surface area contributed by atoms with Crippen LogP contribution in [0, 0.1) is 0 Å². The molecule has 0 saturated carbocycles. The molecular weight excluding hydrogens is 442 g/mol. The summed E-state index contributed by atoms with van der Waals surface area (Å²) in [5.41, 5.74) is 2.31. The molecule has 1 aliphatic heterocycles. The number of hydrogen-bond acceptors (Lipinski definition) is 6. The highest BCUT2D eigenvalue weighted by Gasteiger charge is 2.32. The maximum Gasteiger partial charge on any atom is 0.256 e. The van der Waals surface area contributed by atoms with Gasteiger partial charge in [0.25, 0.3) is 5.91 Å². The standard InChI is InChI=1S/C27H27N5O3/c1-20-11-12-23(35-26-17-22(13-14-28-26)34-19-21-7-3-2-4-8-21)18-31(20)27(33)24-9-5-6-10-25(24)32-29-15-16-30-32/h2-10,13-17,20,23H,11-12,18-19H2,1H3/t20-,23-/m1/s1. The average Bonchev–Trinajstić information content (AvgIpc) is 3.44. The van der Waals surface area contributed by atoms with Gasteiger partial charge in [-0.25, -0.2) is 4.98 Å². The zero-order chi connectivity index (χ0) is 24.0. The normalized spacial score (nSPS) is 17.7. The first-order valence-electron chi connectivity index (χ1n) is 11.7. The highest BCUT2D eigenvalue weighted by molar-refractivity contribution is 5.98. The fourth-order valence-corrected chi connectivity index (χ4v) is 4.23. The number of pyridine rings is 1. The zero-order valence-corrected chi connectivity index (χ0v) is 19.5. The average molecular weight is 470 g/mol. The van der Waals surface area contributed by atoms with Crippen molar-refractivity contribution < 1.29 is 14.3 Å². The Morgan fingerprint density at radius 3 is 2.57 bits per heavy atom. The third kappa shape index (κ3) is 5.32. The smallest absolute Gasteiger partial charge is 0.256 e. The molecule has 1 amide bonds. The Morgan fingerprint density at radius 1 is 0.971 bits per heavy atom. The van der Waals surface area contributed by atoms with E-state index in [9.17, 15) is 4.79 Å². The van der Waals surface area contributed by atoms with Crippen LogP contribution in [-0.2, 0) is 6.61 Å². The molecule has 5 rings (SSSR count). The molecule has 8 heteroatoms. The fraction of sp³-hybridized carbons (Fsp3) is 0.259. The van der Waals surface area contributed by atoms with Gasteiger partial charge in [-0.15, -0.1) is 0 Å². The molecule has 0 bridgehead atoms. The van der Waals surface area contributed by atoms with Crippen LogP contribution in [0.4, 0.5) is 0 Å². The molecule has 2 atom stereocenters. The first-order valence-corrected chi connectivity index (χ1v) is 11.7. The van der Waals surface area contributed by atoms with E-state index in [1.54, 1.807) is 24.7 Å². The van der Waals surface area contributed by atoms with Crippen LogP contribution in [-0.4, -0.2) is 49.5 Å². The van der Waals surface area contributed by atoms with Crippen molar-refractivity contribution >= 4 is 5.91 Å². The van der Waals surface area contributed by atoms with E-state index in [0.717, 1.165) is 18.4 Å². The minimum Gasteiger partial charge on any atom is -0.489 e. The fourth-order valence-electron chi connectivity index (χ4n) is 4.23. The molecule has 2 aromatic heterocycles. The zero-order valence-electron chi connectivity index (χ0n) is 19.5. The number of likely N-dealkylation sites (tertiary alicyclic amines) is 1. The maximum atomic E-state index is 13.6. The van der Waals surface area contributed by atoms with Crippen molar-refractivity contribution in [2.45, 2.75) is 38.5 Å². The van der Waals surface area contributed by atoms with E-state index < -0.39 is 0 Å². The summed E-state index contributed by atoms with van der Waals surface area (Å²) in [5, 5.41) is 8.39. The second-order valence-electron chi connectivity index (χ2n) is 8.56. The van der Waals surface area contributed by atoms with E-state index >= 15 is 0 Å². The number of carbonyl (C=O) groups is 1. The van der Waals surface area contributed by atoms with Gasteiger partial charge in [0.15, 0.2) is 0 Å². The molecule has 1 saturated heterocycles. The van der Waals surface area contributed by atoms with Gasteiger partial charge >= 0.3 is 0 Å². The molecule has 35 heavy (non-hydrogen) atoms. The summed E-state index contributed by atoms with van der Waals surface area (Å²) in [6, 6.07) is 21.1. The van der Waals surface area contributed by atoms with Crippen LogP contribution in [0.3, 0.4) is 0 Å². The topological polar surface area (TPSA) is 82.4 Å². The first-order chi connectivity index (χ1) is 17.2. The summed E-state index contributed by atoms with van der Waals surface area (Å²) >= 11 is 0.